The predicted molar refractivity (Wildman–Crippen MR) is 136 cm³/mol. The van der Waals surface area contributed by atoms with Gasteiger partial charge in [-0.15, -0.1) is 0 Å². The monoisotopic (exact) mass is 497 g/mol. The molecule has 1 aromatic heterocycles. The van der Waals surface area contributed by atoms with Crippen molar-refractivity contribution in [3.63, 3.8) is 0 Å². The van der Waals surface area contributed by atoms with Gasteiger partial charge in [0.15, 0.2) is 18.2 Å². The number of carbonyl (C=O) groups excluding carboxylic acids is 4. The molecular formula is C28H23N3O6. The van der Waals surface area contributed by atoms with E-state index in [1.807, 2.05) is 19.1 Å². The predicted octanol–water partition coefficient (Wildman–Crippen LogP) is 3.17. The molecule has 186 valence electrons. The van der Waals surface area contributed by atoms with E-state index in [1.54, 1.807) is 47.0 Å². The van der Waals surface area contributed by atoms with Gasteiger partial charge in [-0.25, -0.2) is 4.79 Å². The Morgan fingerprint density at radius 3 is 2.11 bits per heavy atom. The summed E-state index contributed by atoms with van der Waals surface area (Å²) in [6, 6.07) is 18.3. The molecule has 0 unspecified atom stereocenters. The van der Waals surface area contributed by atoms with Crippen LogP contribution < -0.4 is 11.0 Å². The lowest BCUT2D eigenvalue weighted by atomic mass is 9.83. The quantitative estimate of drug-likeness (QED) is 0.345. The molecule has 0 radical (unpaired) electrons. The molecule has 0 fully saturated rings. The van der Waals surface area contributed by atoms with E-state index in [4.69, 9.17) is 4.74 Å². The zero-order chi connectivity index (χ0) is 26.1. The molecule has 4 aromatic rings. The molecule has 5 rings (SSSR count). The van der Waals surface area contributed by atoms with Crippen LogP contribution in [0.4, 0.5) is 5.69 Å². The number of anilines is 1. The molecule has 0 spiro atoms. The van der Waals surface area contributed by atoms with Gasteiger partial charge in [0.05, 0.1) is 22.3 Å². The number of nitrogens with one attached hydrogen (secondary N) is 1. The summed E-state index contributed by atoms with van der Waals surface area (Å²) < 4.78 is 8.05. The Morgan fingerprint density at radius 2 is 1.41 bits per heavy atom. The standard InChI is InChI=1S/C28H23N3O6/c1-2-14-30-21-12-5-6-13-22(21)31(28(30)36)15-24(33)37-16-23(32)29-20-11-7-10-19-25(20)27(35)18-9-4-3-8-17(18)26(19)34/h3-13H,2,14-16H2,1H3,(H,29,32). The molecular weight excluding hydrogens is 474 g/mol. The van der Waals surface area contributed by atoms with Crippen LogP contribution in [0.2, 0.25) is 0 Å². The second-order valence-corrected chi connectivity index (χ2v) is 8.65. The second kappa shape index (κ2) is 9.69. The Balaban J connectivity index is 1.29. The fourth-order valence-corrected chi connectivity index (χ4v) is 4.62. The van der Waals surface area contributed by atoms with Crippen molar-refractivity contribution in [2.75, 3.05) is 11.9 Å². The Kier molecular flexibility index (Phi) is 6.27. The number of hydrogen-bond acceptors (Lipinski definition) is 6. The van der Waals surface area contributed by atoms with Crippen LogP contribution in [-0.4, -0.2) is 39.2 Å². The van der Waals surface area contributed by atoms with Crippen LogP contribution >= 0.6 is 0 Å². The molecule has 0 saturated carbocycles. The first-order valence-electron chi connectivity index (χ1n) is 11.9. The lowest BCUT2D eigenvalue weighted by molar-refractivity contribution is -0.147. The summed E-state index contributed by atoms with van der Waals surface area (Å²) >= 11 is 0. The number of fused-ring (bicyclic) bond motifs is 3. The number of rotatable bonds is 7. The summed E-state index contributed by atoms with van der Waals surface area (Å²) in [5, 5.41) is 2.57. The van der Waals surface area contributed by atoms with Gasteiger partial charge < -0.3 is 10.1 Å². The van der Waals surface area contributed by atoms with Crippen LogP contribution in [0.3, 0.4) is 0 Å². The van der Waals surface area contributed by atoms with Crippen molar-refractivity contribution in [1.82, 2.24) is 9.13 Å². The second-order valence-electron chi connectivity index (χ2n) is 8.65. The van der Waals surface area contributed by atoms with Gasteiger partial charge in [-0.3, -0.25) is 28.3 Å². The fraction of sp³-hybridized carbons (Fsp3) is 0.179. The molecule has 37 heavy (non-hydrogen) atoms. The van der Waals surface area contributed by atoms with Crippen molar-refractivity contribution >= 4 is 40.2 Å². The van der Waals surface area contributed by atoms with Gasteiger partial charge in [-0.2, -0.15) is 0 Å². The Labute approximate surface area is 211 Å². The van der Waals surface area contributed by atoms with Crippen LogP contribution in [0.15, 0.2) is 71.5 Å². The minimum Gasteiger partial charge on any atom is -0.454 e. The lowest BCUT2D eigenvalue weighted by Gasteiger charge is -2.20. The van der Waals surface area contributed by atoms with E-state index >= 15 is 0 Å². The number of ketones is 2. The first-order chi connectivity index (χ1) is 17.9. The van der Waals surface area contributed by atoms with Crippen LogP contribution in [0.5, 0.6) is 0 Å². The van der Waals surface area contributed by atoms with Crippen LogP contribution in [-0.2, 0) is 27.4 Å². The summed E-state index contributed by atoms with van der Waals surface area (Å²) in [7, 11) is 0. The number of aryl methyl sites for hydroxylation is 1. The fourth-order valence-electron chi connectivity index (χ4n) is 4.62. The van der Waals surface area contributed by atoms with E-state index in [1.165, 1.54) is 16.7 Å². The van der Waals surface area contributed by atoms with E-state index in [-0.39, 0.29) is 46.2 Å². The molecule has 1 aliphatic carbocycles. The molecule has 3 aromatic carbocycles. The molecule has 1 N–H and O–H groups in total. The Morgan fingerprint density at radius 1 is 0.784 bits per heavy atom. The third kappa shape index (κ3) is 4.24. The number of carbonyl (C=O) groups is 4. The zero-order valence-corrected chi connectivity index (χ0v) is 20.0. The number of imidazole rings is 1. The Bertz CT molecular complexity index is 1650. The molecule has 0 atom stereocenters. The van der Waals surface area contributed by atoms with Gasteiger partial charge in [-0.1, -0.05) is 55.5 Å². The maximum absolute atomic E-state index is 13.1. The van der Waals surface area contributed by atoms with E-state index in [2.05, 4.69) is 5.32 Å². The first kappa shape index (κ1) is 23.9. The van der Waals surface area contributed by atoms with Crippen LogP contribution in [0.1, 0.15) is 45.2 Å². The first-order valence-corrected chi connectivity index (χ1v) is 11.9. The third-order valence-electron chi connectivity index (χ3n) is 6.25. The number of hydrogen-bond donors (Lipinski definition) is 1. The van der Waals surface area contributed by atoms with Crippen molar-refractivity contribution in [3.8, 4) is 0 Å². The normalized spacial score (nSPS) is 12.2. The molecule has 9 heteroatoms. The lowest BCUT2D eigenvalue weighted by Crippen LogP contribution is -2.29. The highest BCUT2D eigenvalue weighted by molar-refractivity contribution is 6.30. The third-order valence-corrected chi connectivity index (χ3v) is 6.25. The van der Waals surface area contributed by atoms with E-state index in [0.29, 0.717) is 17.6 Å². The van der Waals surface area contributed by atoms with Gasteiger partial charge in [0.2, 0.25) is 0 Å². The van der Waals surface area contributed by atoms with Gasteiger partial charge >= 0.3 is 11.7 Å². The van der Waals surface area contributed by atoms with E-state index in [0.717, 1.165) is 11.9 Å². The van der Waals surface area contributed by atoms with Gasteiger partial charge in [0.25, 0.3) is 5.91 Å². The number of ether oxygens (including phenoxy) is 1. The number of nitrogens with zero attached hydrogens (tertiary/aromatic N) is 2. The minimum atomic E-state index is -0.757. The van der Waals surface area contributed by atoms with E-state index < -0.39 is 18.5 Å². The smallest absolute Gasteiger partial charge is 0.329 e. The number of benzene rings is 3. The van der Waals surface area contributed by atoms with Gasteiger partial charge in [-0.05, 0) is 24.6 Å². The number of esters is 1. The van der Waals surface area contributed by atoms with Crippen molar-refractivity contribution in [3.05, 3.63) is 99.5 Å². The summed E-state index contributed by atoms with van der Waals surface area (Å²) in [6.45, 7) is 1.49. The van der Waals surface area contributed by atoms with Gasteiger partial charge in [0, 0.05) is 23.2 Å². The van der Waals surface area contributed by atoms with Crippen molar-refractivity contribution < 1.29 is 23.9 Å². The minimum absolute atomic E-state index is 0.0983. The van der Waals surface area contributed by atoms with Crippen molar-refractivity contribution in [1.29, 1.82) is 0 Å². The highest BCUT2D eigenvalue weighted by Crippen LogP contribution is 2.31. The number of amides is 1. The molecule has 1 amide bonds. The molecule has 1 aliphatic rings. The summed E-state index contributed by atoms with van der Waals surface area (Å²) in [6.07, 6.45) is 0.751. The van der Waals surface area contributed by atoms with Crippen molar-refractivity contribution in [2.45, 2.75) is 26.4 Å². The average Bonchev–Trinajstić information content (AvgIpc) is 3.17. The molecule has 1 heterocycles. The maximum Gasteiger partial charge on any atom is 0.329 e. The number of para-hydroxylation sites is 2. The van der Waals surface area contributed by atoms with Crippen LogP contribution in [0, 0.1) is 0 Å². The Hall–Kier alpha value is -4.79. The number of aromatic nitrogens is 2. The summed E-state index contributed by atoms with van der Waals surface area (Å²) in [5.41, 5.74) is 2.02. The highest BCUT2D eigenvalue weighted by atomic mass is 16.5. The molecule has 9 nitrogen and oxygen atoms in total. The molecule has 0 bridgehead atoms. The summed E-state index contributed by atoms with van der Waals surface area (Å²) in [4.78, 5) is 64.0. The molecule has 0 saturated heterocycles. The molecule has 0 aliphatic heterocycles. The topological polar surface area (TPSA) is 116 Å². The van der Waals surface area contributed by atoms with Crippen LogP contribution in [0.25, 0.3) is 11.0 Å². The SMILES string of the molecule is CCCn1c(=O)n(CC(=O)OCC(=O)Nc2cccc3c2C(=O)c2ccccc2C3=O)c2ccccc21. The van der Waals surface area contributed by atoms with E-state index in [9.17, 15) is 24.0 Å². The highest BCUT2D eigenvalue weighted by Gasteiger charge is 2.31. The van der Waals surface area contributed by atoms with Crippen molar-refractivity contribution in [2.24, 2.45) is 0 Å². The zero-order valence-electron chi connectivity index (χ0n) is 20.0. The largest absolute Gasteiger partial charge is 0.454 e. The average molecular weight is 498 g/mol. The summed E-state index contributed by atoms with van der Waals surface area (Å²) in [5.74, 6) is -2.12. The maximum atomic E-state index is 13.1. The van der Waals surface area contributed by atoms with Gasteiger partial charge in [0.1, 0.15) is 6.54 Å².